The Morgan fingerprint density at radius 3 is 2.50 bits per heavy atom. The van der Waals surface area contributed by atoms with Gasteiger partial charge in [0.1, 0.15) is 13.2 Å². The number of anilines is 1. The number of imide groups is 1. The highest BCUT2D eigenvalue weighted by atomic mass is 16.6. The Morgan fingerprint density at radius 2 is 1.90 bits per heavy atom. The first-order chi connectivity index (χ1) is 9.56. The van der Waals surface area contributed by atoms with Crippen molar-refractivity contribution in [1.29, 1.82) is 0 Å². The Hall–Kier alpha value is -2.24. The molecule has 2 aliphatic heterocycles. The van der Waals surface area contributed by atoms with Crippen molar-refractivity contribution >= 4 is 17.5 Å². The van der Waals surface area contributed by atoms with Gasteiger partial charge in [-0.15, -0.1) is 0 Å². The van der Waals surface area contributed by atoms with E-state index in [1.165, 1.54) is 4.90 Å². The van der Waals surface area contributed by atoms with Crippen molar-refractivity contribution in [3.63, 3.8) is 0 Å². The van der Waals surface area contributed by atoms with Crippen LogP contribution in [0, 0.1) is 5.92 Å². The van der Waals surface area contributed by atoms with Crippen molar-refractivity contribution in [3.8, 4) is 11.5 Å². The number of nitrogens with zero attached hydrogens (tertiary/aromatic N) is 1. The number of hydrogen-bond acceptors (Lipinski definition) is 5. The van der Waals surface area contributed by atoms with Crippen LogP contribution >= 0.6 is 0 Å². The van der Waals surface area contributed by atoms with Crippen molar-refractivity contribution in [2.45, 2.75) is 19.9 Å². The Morgan fingerprint density at radius 1 is 1.25 bits per heavy atom. The molecule has 1 atom stereocenters. The molecule has 20 heavy (non-hydrogen) atoms. The summed E-state index contributed by atoms with van der Waals surface area (Å²) in [6.07, 6.45) is 0.267. The highest BCUT2D eigenvalue weighted by Crippen LogP contribution is 2.35. The second kappa shape index (κ2) is 4.70. The van der Waals surface area contributed by atoms with Crippen LogP contribution in [0.1, 0.15) is 18.9 Å². The van der Waals surface area contributed by atoms with Gasteiger partial charge in [-0.25, -0.2) is 0 Å². The first-order valence-electron chi connectivity index (χ1n) is 6.58. The van der Waals surface area contributed by atoms with Gasteiger partial charge in [0, 0.05) is 24.1 Å². The van der Waals surface area contributed by atoms with Gasteiger partial charge in [-0.2, -0.15) is 0 Å². The molecule has 2 aliphatic rings. The average Bonchev–Trinajstić information content (AvgIpc) is 2.66. The minimum atomic E-state index is -0.249. The number of nitrogens with two attached hydrogens (primary N) is 1. The minimum absolute atomic E-state index is 0.149. The van der Waals surface area contributed by atoms with Gasteiger partial charge in [-0.1, -0.05) is 6.92 Å². The maximum Gasteiger partial charge on any atom is 0.232 e. The Bertz CT molecular complexity index is 585. The fourth-order valence-electron chi connectivity index (χ4n) is 2.47. The number of benzene rings is 1. The van der Waals surface area contributed by atoms with E-state index >= 15 is 0 Å². The van der Waals surface area contributed by atoms with Crippen LogP contribution in [-0.4, -0.2) is 29.9 Å². The van der Waals surface area contributed by atoms with Crippen LogP contribution in [0.25, 0.3) is 0 Å². The molecule has 6 heteroatoms. The summed E-state index contributed by atoms with van der Waals surface area (Å²) in [6.45, 7) is 2.92. The molecule has 1 saturated heterocycles. The lowest BCUT2D eigenvalue weighted by atomic mass is 10.1. The Labute approximate surface area is 116 Å². The summed E-state index contributed by atoms with van der Waals surface area (Å²) in [7, 11) is 0. The third kappa shape index (κ3) is 2.07. The first kappa shape index (κ1) is 12.8. The second-order valence-corrected chi connectivity index (χ2v) is 5.12. The van der Waals surface area contributed by atoms with E-state index in [-0.39, 0.29) is 30.7 Å². The molecule has 3 rings (SSSR count). The Kier molecular flexibility index (Phi) is 3.00. The van der Waals surface area contributed by atoms with E-state index in [2.05, 4.69) is 0 Å². The smallest absolute Gasteiger partial charge is 0.232 e. The van der Waals surface area contributed by atoms with Gasteiger partial charge >= 0.3 is 0 Å². The van der Waals surface area contributed by atoms with Gasteiger partial charge in [0.25, 0.3) is 0 Å². The molecule has 0 aromatic heterocycles. The lowest BCUT2D eigenvalue weighted by Gasteiger charge is -2.22. The van der Waals surface area contributed by atoms with Gasteiger partial charge in [0.15, 0.2) is 11.5 Å². The van der Waals surface area contributed by atoms with Gasteiger partial charge in [0.2, 0.25) is 11.8 Å². The van der Waals surface area contributed by atoms with Crippen molar-refractivity contribution in [2.75, 3.05) is 18.9 Å². The lowest BCUT2D eigenvalue weighted by molar-refractivity contribution is -0.139. The summed E-state index contributed by atoms with van der Waals surface area (Å²) >= 11 is 0. The van der Waals surface area contributed by atoms with Crippen LogP contribution in [0.15, 0.2) is 12.1 Å². The number of amides is 2. The van der Waals surface area contributed by atoms with Crippen LogP contribution in [0.2, 0.25) is 0 Å². The first-order valence-corrected chi connectivity index (χ1v) is 6.58. The van der Waals surface area contributed by atoms with Gasteiger partial charge in [-0.05, 0) is 11.6 Å². The van der Waals surface area contributed by atoms with E-state index in [1.807, 2.05) is 0 Å². The fraction of sp³-hybridized carbons (Fsp3) is 0.429. The molecule has 2 N–H and O–H groups in total. The second-order valence-electron chi connectivity index (χ2n) is 5.12. The normalized spacial score (nSPS) is 21.4. The van der Waals surface area contributed by atoms with E-state index in [9.17, 15) is 9.59 Å². The van der Waals surface area contributed by atoms with Crippen molar-refractivity contribution < 1.29 is 19.1 Å². The number of ether oxygens (including phenoxy) is 2. The van der Waals surface area contributed by atoms with E-state index in [0.717, 1.165) is 0 Å². The zero-order chi connectivity index (χ0) is 14.3. The quantitative estimate of drug-likeness (QED) is 0.642. The fourth-order valence-corrected chi connectivity index (χ4v) is 2.47. The van der Waals surface area contributed by atoms with Gasteiger partial charge < -0.3 is 15.2 Å². The number of rotatable bonds is 2. The molecule has 2 amide bonds. The number of hydrogen-bond donors (Lipinski definition) is 1. The zero-order valence-electron chi connectivity index (χ0n) is 11.2. The maximum atomic E-state index is 11.9. The average molecular weight is 276 g/mol. The minimum Gasteiger partial charge on any atom is -0.486 e. The Balaban J connectivity index is 1.87. The van der Waals surface area contributed by atoms with Crippen LogP contribution in [-0.2, 0) is 16.1 Å². The summed E-state index contributed by atoms with van der Waals surface area (Å²) in [6, 6.07) is 3.42. The van der Waals surface area contributed by atoms with Crippen molar-refractivity contribution in [2.24, 2.45) is 5.92 Å². The molecule has 1 aromatic carbocycles. The summed E-state index contributed by atoms with van der Waals surface area (Å²) in [5.41, 5.74) is 7.16. The molecule has 0 spiro atoms. The largest absolute Gasteiger partial charge is 0.486 e. The summed E-state index contributed by atoms with van der Waals surface area (Å²) in [4.78, 5) is 25.0. The summed E-state index contributed by atoms with van der Waals surface area (Å²) in [5, 5.41) is 0. The van der Waals surface area contributed by atoms with Crippen molar-refractivity contribution in [3.05, 3.63) is 17.7 Å². The van der Waals surface area contributed by atoms with E-state index < -0.39 is 0 Å². The number of nitrogen functional groups attached to an aromatic ring is 1. The molecular formula is C14H16N2O4. The molecule has 0 radical (unpaired) electrons. The van der Waals surface area contributed by atoms with Crippen LogP contribution in [0.3, 0.4) is 0 Å². The molecule has 1 aromatic rings. The van der Waals surface area contributed by atoms with Crippen LogP contribution in [0.4, 0.5) is 5.69 Å². The predicted octanol–water partition coefficient (Wildman–Crippen LogP) is 0.935. The number of likely N-dealkylation sites (tertiary alicyclic amines) is 1. The molecule has 0 aliphatic carbocycles. The molecule has 6 nitrogen and oxygen atoms in total. The van der Waals surface area contributed by atoms with Gasteiger partial charge in [-0.3, -0.25) is 14.5 Å². The SMILES string of the molecule is CC1CC(=O)N(Cc2cc3c(cc2N)OCCO3)C1=O. The van der Waals surface area contributed by atoms with E-state index in [4.69, 9.17) is 15.2 Å². The van der Waals surface area contributed by atoms with Crippen LogP contribution in [0.5, 0.6) is 11.5 Å². The summed E-state index contributed by atoms with van der Waals surface area (Å²) < 4.78 is 10.9. The molecule has 106 valence electrons. The molecule has 0 bridgehead atoms. The van der Waals surface area contributed by atoms with E-state index in [1.54, 1.807) is 19.1 Å². The standard InChI is InChI=1S/C14H16N2O4/c1-8-4-13(17)16(14(8)18)7-9-5-11-12(6-10(9)15)20-3-2-19-11/h5-6,8H,2-4,7,15H2,1H3. The molecule has 2 heterocycles. The molecule has 1 unspecified atom stereocenters. The molecular weight excluding hydrogens is 260 g/mol. The number of carbonyl (C=O) groups excluding carboxylic acids is 2. The van der Waals surface area contributed by atoms with Crippen molar-refractivity contribution in [1.82, 2.24) is 4.90 Å². The maximum absolute atomic E-state index is 11.9. The third-order valence-corrected chi connectivity index (χ3v) is 3.60. The highest BCUT2D eigenvalue weighted by molar-refractivity contribution is 6.03. The van der Waals surface area contributed by atoms with Gasteiger partial charge in [0.05, 0.1) is 6.54 Å². The highest BCUT2D eigenvalue weighted by Gasteiger charge is 2.35. The molecule has 1 fully saturated rings. The van der Waals surface area contributed by atoms with Crippen LogP contribution < -0.4 is 15.2 Å². The lowest BCUT2D eigenvalue weighted by Crippen LogP contribution is -2.30. The van der Waals surface area contributed by atoms with E-state index in [0.29, 0.717) is 36.0 Å². The summed E-state index contributed by atoms with van der Waals surface area (Å²) in [5.74, 6) is 0.652. The number of fused-ring (bicyclic) bond motifs is 1. The zero-order valence-corrected chi connectivity index (χ0v) is 11.2. The topological polar surface area (TPSA) is 81.9 Å². The molecule has 0 saturated carbocycles. The third-order valence-electron chi connectivity index (χ3n) is 3.60. The predicted molar refractivity (Wildman–Crippen MR) is 71.2 cm³/mol. The monoisotopic (exact) mass is 276 g/mol. The number of carbonyl (C=O) groups is 2.